The first kappa shape index (κ1) is 22.2. The molecule has 0 atom stereocenters. The first-order valence-electron chi connectivity index (χ1n) is 10.2. The van der Waals surface area contributed by atoms with Crippen molar-refractivity contribution in [3.05, 3.63) is 45.8 Å². The zero-order valence-electron chi connectivity index (χ0n) is 18.8. The number of phenols is 1. The van der Waals surface area contributed by atoms with Crippen LogP contribution in [0.5, 0.6) is 5.75 Å². The van der Waals surface area contributed by atoms with Crippen molar-refractivity contribution in [2.45, 2.75) is 91.3 Å². The lowest BCUT2D eigenvalue weighted by Crippen LogP contribution is -2.39. The minimum atomic E-state index is -1.44. The normalized spacial score (nSPS) is 13.2. The van der Waals surface area contributed by atoms with Gasteiger partial charge in [-0.2, -0.15) is 11.3 Å². The molecule has 0 aliphatic carbocycles. The Morgan fingerprint density at radius 1 is 0.926 bits per heavy atom. The third-order valence-electron chi connectivity index (χ3n) is 5.50. The van der Waals surface area contributed by atoms with Crippen molar-refractivity contribution >= 4 is 23.9 Å². The lowest BCUT2D eigenvalue weighted by atomic mass is 9.78. The summed E-state index contributed by atoms with van der Waals surface area (Å²) in [5.74, 6) is 0.487. The average Bonchev–Trinajstić information content (AvgIpc) is 3.01. The van der Waals surface area contributed by atoms with E-state index in [0.717, 1.165) is 24.0 Å². The standard InChI is InChI=1S/C24H38OSSi/c1-10-18-11-12-21(26-18)27(8,9)14-13-17-15-19(23(2,3)4)22(25)20(16-17)24(5,6)7/h11-12,15-16,25H,10,13-14H2,1-9H3. The second kappa shape index (κ2) is 7.75. The van der Waals surface area contributed by atoms with Crippen molar-refractivity contribution in [1.82, 2.24) is 0 Å². The van der Waals surface area contributed by atoms with Gasteiger partial charge in [-0.1, -0.05) is 79.8 Å². The van der Waals surface area contributed by atoms with Crippen LogP contribution in [0.1, 0.15) is 70.0 Å². The molecule has 0 aliphatic rings. The number of aromatic hydroxyl groups is 1. The fourth-order valence-electron chi connectivity index (χ4n) is 3.49. The van der Waals surface area contributed by atoms with E-state index in [0.29, 0.717) is 5.75 Å². The van der Waals surface area contributed by atoms with Crippen LogP contribution in [0.2, 0.25) is 19.1 Å². The molecule has 1 aromatic heterocycles. The molecule has 0 unspecified atom stereocenters. The Morgan fingerprint density at radius 3 is 1.85 bits per heavy atom. The Kier molecular flexibility index (Phi) is 6.38. The third-order valence-corrected chi connectivity index (χ3v) is 11.5. The molecule has 0 fully saturated rings. The van der Waals surface area contributed by atoms with E-state index in [9.17, 15) is 5.11 Å². The number of thiophene rings is 1. The summed E-state index contributed by atoms with van der Waals surface area (Å²) in [4.78, 5) is 1.50. The third kappa shape index (κ3) is 5.26. The van der Waals surface area contributed by atoms with E-state index >= 15 is 0 Å². The lowest BCUT2D eigenvalue weighted by molar-refractivity contribution is 0.422. The van der Waals surface area contributed by atoms with Crippen molar-refractivity contribution in [3.8, 4) is 5.75 Å². The van der Waals surface area contributed by atoms with Gasteiger partial charge in [0, 0.05) is 4.88 Å². The molecule has 2 rings (SSSR count). The van der Waals surface area contributed by atoms with Gasteiger partial charge in [0.1, 0.15) is 5.75 Å². The van der Waals surface area contributed by atoms with Crippen LogP contribution in [0, 0.1) is 0 Å². The number of hydrogen-bond donors (Lipinski definition) is 1. The molecule has 0 aliphatic heterocycles. The van der Waals surface area contributed by atoms with E-state index < -0.39 is 8.07 Å². The Bertz CT molecular complexity index is 752. The predicted molar refractivity (Wildman–Crippen MR) is 125 cm³/mol. The molecule has 1 heterocycles. The van der Waals surface area contributed by atoms with Crippen molar-refractivity contribution in [1.29, 1.82) is 0 Å². The zero-order valence-corrected chi connectivity index (χ0v) is 20.6. The fourth-order valence-corrected chi connectivity index (χ4v) is 7.69. The van der Waals surface area contributed by atoms with E-state index in [1.807, 2.05) is 11.3 Å². The lowest BCUT2D eigenvalue weighted by Gasteiger charge is -2.29. The predicted octanol–water partition coefficient (Wildman–Crippen LogP) is 6.77. The van der Waals surface area contributed by atoms with Gasteiger partial charge in [-0.25, -0.2) is 0 Å². The Hall–Kier alpha value is -1.06. The number of rotatable bonds is 5. The van der Waals surface area contributed by atoms with Crippen molar-refractivity contribution in [2.75, 3.05) is 0 Å². The molecule has 0 bridgehead atoms. The molecule has 1 N–H and O–H groups in total. The first-order valence-corrected chi connectivity index (χ1v) is 14.2. The number of benzene rings is 1. The maximum Gasteiger partial charge on any atom is 0.123 e. The van der Waals surface area contributed by atoms with Crippen molar-refractivity contribution < 1.29 is 5.11 Å². The summed E-state index contributed by atoms with van der Waals surface area (Å²) in [7, 11) is -1.44. The molecule has 0 spiro atoms. The number of hydrogen-bond acceptors (Lipinski definition) is 2. The van der Waals surface area contributed by atoms with Gasteiger partial charge in [0.15, 0.2) is 0 Å². The molecule has 27 heavy (non-hydrogen) atoms. The number of phenolic OH excluding ortho intramolecular Hbond substituents is 1. The molecule has 1 aromatic carbocycles. The highest BCUT2D eigenvalue weighted by Crippen LogP contribution is 2.40. The van der Waals surface area contributed by atoms with Gasteiger partial charge in [-0.05, 0) is 57.0 Å². The quantitative estimate of drug-likeness (QED) is 0.547. The van der Waals surface area contributed by atoms with Crippen LogP contribution in [0.3, 0.4) is 0 Å². The maximum absolute atomic E-state index is 10.9. The highest BCUT2D eigenvalue weighted by atomic mass is 32.1. The summed E-state index contributed by atoms with van der Waals surface area (Å²) in [6.07, 6.45) is 2.22. The molecule has 2 aromatic rings. The smallest absolute Gasteiger partial charge is 0.123 e. The van der Waals surface area contributed by atoms with Crippen LogP contribution in [0.4, 0.5) is 0 Å². The highest BCUT2D eigenvalue weighted by molar-refractivity contribution is 7.26. The summed E-state index contributed by atoms with van der Waals surface area (Å²) < 4.78 is 1.62. The van der Waals surface area contributed by atoms with E-state index in [1.165, 1.54) is 16.5 Å². The molecule has 3 heteroatoms. The van der Waals surface area contributed by atoms with E-state index in [2.05, 4.69) is 85.8 Å². The molecule has 0 amide bonds. The van der Waals surface area contributed by atoms with Crippen LogP contribution in [0.25, 0.3) is 0 Å². The minimum Gasteiger partial charge on any atom is -0.507 e. The summed E-state index contributed by atoms with van der Waals surface area (Å²) in [5.41, 5.74) is 3.41. The van der Waals surface area contributed by atoms with E-state index in [1.54, 1.807) is 4.50 Å². The summed E-state index contributed by atoms with van der Waals surface area (Å²) in [6, 6.07) is 10.4. The Morgan fingerprint density at radius 2 is 1.44 bits per heavy atom. The highest BCUT2D eigenvalue weighted by Gasteiger charge is 2.28. The minimum absolute atomic E-state index is 0.0587. The van der Waals surface area contributed by atoms with Gasteiger partial charge in [-0.3, -0.25) is 0 Å². The van der Waals surface area contributed by atoms with Gasteiger partial charge in [0.05, 0.1) is 8.07 Å². The van der Waals surface area contributed by atoms with Gasteiger partial charge in [0.2, 0.25) is 0 Å². The Balaban J connectivity index is 2.35. The van der Waals surface area contributed by atoms with Crippen LogP contribution >= 0.6 is 11.3 Å². The Labute approximate surface area is 171 Å². The summed E-state index contributed by atoms with van der Waals surface area (Å²) in [6.45, 7) is 20.4. The molecule has 0 radical (unpaired) electrons. The van der Waals surface area contributed by atoms with E-state index in [-0.39, 0.29) is 10.8 Å². The van der Waals surface area contributed by atoms with Gasteiger partial charge in [0.25, 0.3) is 0 Å². The molecule has 0 saturated heterocycles. The number of aryl methyl sites for hydroxylation is 2. The largest absolute Gasteiger partial charge is 0.507 e. The molecule has 1 nitrogen and oxygen atoms in total. The van der Waals surface area contributed by atoms with Crippen LogP contribution in [0.15, 0.2) is 24.3 Å². The topological polar surface area (TPSA) is 20.2 Å². The first-order chi connectivity index (χ1) is 12.3. The van der Waals surface area contributed by atoms with Crippen molar-refractivity contribution in [3.63, 3.8) is 0 Å². The van der Waals surface area contributed by atoms with Crippen LogP contribution in [-0.4, -0.2) is 13.2 Å². The van der Waals surface area contributed by atoms with Crippen LogP contribution in [-0.2, 0) is 23.7 Å². The average molecular weight is 403 g/mol. The van der Waals surface area contributed by atoms with Gasteiger partial charge in [-0.15, -0.1) is 0 Å². The summed E-state index contributed by atoms with van der Waals surface area (Å²) in [5, 5.41) is 10.9. The molecule has 150 valence electrons. The van der Waals surface area contributed by atoms with Crippen molar-refractivity contribution in [2.24, 2.45) is 0 Å². The van der Waals surface area contributed by atoms with Gasteiger partial charge < -0.3 is 5.11 Å². The maximum atomic E-state index is 10.9. The summed E-state index contributed by atoms with van der Waals surface area (Å²) >= 11 is 2.01. The monoisotopic (exact) mass is 402 g/mol. The molecular weight excluding hydrogens is 364 g/mol. The van der Waals surface area contributed by atoms with E-state index in [4.69, 9.17) is 0 Å². The molecule has 0 saturated carbocycles. The SMILES string of the molecule is CCc1ccc([Si](C)(C)CCc2cc(C(C)(C)C)c(O)c(C(C)(C)C)c2)s1. The van der Waals surface area contributed by atoms with Crippen LogP contribution < -0.4 is 4.50 Å². The molecular formula is C24H38OSSi. The zero-order chi connectivity index (χ0) is 20.6. The second-order valence-corrected chi connectivity index (χ2v) is 16.9. The second-order valence-electron chi connectivity index (χ2n) is 10.5. The fraction of sp³-hybridized carbons (Fsp3) is 0.583. The van der Waals surface area contributed by atoms with Gasteiger partial charge >= 0.3 is 0 Å².